The van der Waals surface area contributed by atoms with Crippen LogP contribution in [0.25, 0.3) is 0 Å². The minimum absolute atomic E-state index is 0.247. The van der Waals surface area contributed by atoms with Crippen molar-refractivity contribution in [3.63, 3.8) is 0 Å². The first-order chi connectivity index (χ1) is 9.83. The number of hydrogen-bond donors (Lipinski definition) is 0. The molecule has 112 valence electrons. The molecular formula is C15H12BrF3O2. The summed E-state index contributed by atoms with van der Waals surface area (Å²) in [7, 11) is 0. The van der Waals surface area contributed by atoms with Crippen molar-refractivity contribution < 1.29 is 22.6 Å². The maximum Gasteiger partial charge on any atom is 0.573 e. The van der Waals surface area contributed by atoms with Gasteiger partial charge in [-0.2, -0.15) is 0 Å². The summed E-state index contributed by atoms with van der Waals surface area (Å²) in [4.78, 5) is 0. The Kier molecular flexibility index (Phi) is 4.77. The summed E-state index contributed by atoms with van der Waals surface area (Å²) in [5, 5.41) is 0. The van der Waals surface area contributed by atoms with E-state index in [-0.39, 0.29) is 12.4 Å². The van der Waals surface area contributed by atoms with Crippen molar-refractivity contribution in [2.45, 2.75) is 19.9 Å². The zero-order valence-corrected chi connectivity index (χ0v) is 12.7. The van der Waals surface area contributed by atoms with Crippen molar-refractivity contribution in [3.8, 4) is 11.5 Å². The van der Waals surface area contributed by atoms with E-state index < -0.39 is 6.36 Å². The first kappa shape index (κ1) is 15.7. The summed E-state index contributed by atoms with van der Waals surface area (Å²) in [6.07, 6.45) is -4.68. The third-order valence-corrected chi connectivity index (χ3v) is 3.26. The molecule has 0 fully saturated rings. The van der Waals surface area contributed by atoms with Crippen LogP contribution in [0.2, 0.25) is 0 Å². The van der Waals surface area contributed by atoms with Crippen LogP contribution in [-0.4, -0.2) is 6.36 Å². The van der Waals surface area contributed by atoms with Crippen molar-refractivity contribution >= 4 is 15.9 Å². The zero-order valence-electron chi connectivity index (χ0n) is 11.1. The maximum absolute atomic E-state index is 12.0. The van der Waals surface area contributed by atoms with Gasteiger partial charge in [0.15, 0.2) is 0 Å². The van der Waals surface area contributed by atoms with Crippen molar-refractivity contribution in [1.82, 2.24) is 0 Å². The SMILES string of the molecule is Cc1ccc(OCc2ccc(OC(F)(F)F)cc2)c(Br)c1. The summed E-state index contributed by atoms with van der Waals surface area (Å²) >= 11 is 3.40. The van der Waals surface area contributed by atoms with E-state index in [0.717, 1.165) is 15.6 Å². The number of rotatable bonds is 4. The van der Waals surface area contributed by atoms with Crippen LogP contribution in [0.4, 0.5) is 13.2 Å². The van der Waals surface area contributed by atoms with E-state index in [2.05, 4.69) is 20.7 Å². The second-order valence-corrected chi connectivity index (χ2v) is 5.27. The number of hydrogen-bond acceptors (Lipinski definition) is 2. The Hall–Kier alpha value is -1.69. The monoisotopic (exact) mass is 360 g/mol. The number of halogens is 4. The molecule has 2 aromatic carbocycles. The van der Waals surface area contributed by atoms with E-state index in [4.69, 9.17) is 4.74 Å². The highest BCUT2D eigenvalue weighted by molar-refractivity contribution is 9.10. The number of alkyl halides is 3. The first-order valence-corrected chi connectivity index (χ1v) is 6.86. The zero-order chi connectivity index (χ0) is 15.5. The number of benzene rings is 2. The van der Waals surface area contributed by atoms with E-state index in [9.17, 15) is 13.2 Å². The van der Waals surface area contributed by atoms with Crippen molar-refractivity contribution in [1.29, 1.82) is 0 Å². The molecule has 0 saturated carbocycles. The lowest BCUT2D eigenvalue weighted by Gasteiger charge is -2.11. The second-order valence-electron chi connectivity index (χ2n) is 4.41. The molecule has 0 amide bonds. The van der Waals surface area contributed by atoms with E-state index in [1.807, 2.05) is 25.1 Å². The molecule has 0 atom stereocenters. The molecular weight excluding hydrogens is 349 g/mol. The van der Waals surface area contributed by atoms with E-state index in [1.165, 1.54) is 24.3 Å². The Morgan fingerprint density at radius 2 is 1.71 bits per heavy atom. The van der Waals surface area contributed by atoms with Gasteiger partial charge in [-0.1, -0.05) is 18.2 Å². The van der Waals surface area contributed by atoms with Crippen LogP contribution in [0, 0.1) is 6.92 Å². The highest BCUT2D eigenvalue weighted by atomic mass is 79.9. The van der Waals surface area contributed by atoms with Crippen LogP contribution >= 0.6 is 15.9 Å². The Labute approximate surface area is 128 Å². The fraction of sp³-hybridized carbons (Fsp3) is 0.200. The lowest BCUT2D eigenvalue weighted by Crippen LogP contribution is -2.17. The van der Waals surface area contributed by atoms with Gasteiger partial charge in [0.25, 0.3) is 0 Å². The normalized spacial score (nSPS) is 11.3. The quantitative estimate of drug-likeness (QED) is 0.742. The summed E-state index contributed by atoms with van der Waals surface area (Å²) in [6.45, 7) is 2.22. The van der Waals surface area contributed by atoms with Gasteiger partial charge in [-0.25, -0.2) is 0 Å². The molecule has 0 heterocycles. The Morgan fingerprint density at radius 3 is 2.29 bits per heavy atom. The predicted molar refractivity (Wildman–Crippen MR) is 76.3 cm³/mol. The smallest absolute Gasteiger partial charge is 0.488 e. The molecule has 0 N–H and O–H groups in total. The van der Waals surface area contributed by atoms with E-state index in [0.29, 0.717) is 5.75 Å². The maximum atomic E-state index is 12.0. The number of ether oxygens (including phenoxy) is 2. The Morgan fingerprint density at radius 1 is 1.05 bits per heavy atom. The van der Waals surface area contributed by atoms with Crippen LogP contribution < -0.4 is 9.47 Å². The summed E-state index contributed by atoms with van der Waals surface area (Å²) in [5.74, 6) is 0.430. The largest absolute Gasteiger partial charge is 0.573 e. The van der Waals surface area contributed by atoms with Gasteiger partial charge in [0, 0.05) is 0 Å². The van der Waals surface area contributed by atoms with Gasteiger partial charge in [0.2, 0.25) is 0 Å². The molecule has 6 heteroatoms. The van der Waals surface area contributed by atoms with Gasteiger partial charge in [-0.3, -0.25) is 0 Å². The molecule has 2 rings (SSSR count). The van der Waals surface area contributed by atoms with Crippen LogP contribution in [0.3, 0.4) is 0 Å². The molecule has 0 aliphatic carbocycles. The highest BCUT2D eigenvalue weighted by Gasteiger charge is 2.30. The van der Waals surface area contributed by atoms with Crippen LogP contribution in [-0.2, 0) is 6.61 Å². The minimum atomic E-state index is -4.68. The Balaban J connectivity index is 1.97. The number of aryl methyl sites for hydroxylation is 1. The van der Waals surface area contributed by atoms with Gasteiger partial charge >= 0.3 is 6.36 Å². The second kappa shape index (κ2) is 6.39. The molecule has 0 bridgehead atoms. The van der Waals surface area contributed by atoms with E-state index >= 15 is 0 Å². The summed E-state index contributed by atoms with van der Waals surface area (Å²) in [6, 6.07) is 11.3. The van der Waals surface area contributed by atoms with Crippen molar-refractivity contribution in [2.24, 2.45) is 0 Å². The average molecular weight is 361 g/mol. The molecule has 21 heavy (non-hydrogen) atoms. The molecule has 2 nitrogen and oxygen atoms in total. The van der Waals surface area contributed by atoms with Gasteiger partial charge < -0.3 is 9.47 Å². The lowest BCUT2D eigenvalue weighted by molar-refractivity contribution is -0.274. The van der Waals surface area contributed by atoms with E-state index in [1.54, 1.807) is 0 Å². The van der Waals surface area contributed by atoms with Crippen LogP contribution in [0.5, 0.6) is 11.5 Å². The Bertz CT molecular complexity index is 609. The van der Waals surface area contributed by atoms with Gasteiger partial charge in [-0.15, -0.1) is 13.2 Å². The molecule has 0 aliphatic rings. The molecule has 0 spiro atoms. The molecule has 0 aromatic heterocycles. The van der Waals surface area contributed by atoms with Crippen molar-refractivity contribution in [2.75, 3.05) is 0 Å². The molecule has 2 aromatic rings. The highest BCUT2D eigenvalue weighted by Crippen LogP contribution is 2.27. The average Bonchev–Trinajstić information content (AvgIpc) is 2.38. The van der Waals surface area contributed by atoms with Crippen LogP contribution in [0.15, 0.2) is 46.9 Å². The summed E-state index contributed by atoms with van der Waals surface area (Å²) in [5.41, 5.74) is 1.85. The summed E-state index contributed by atoms with van der Waals surface area (Å²) < 4.78 is 46.4. The third-order valence-electron chi connectivity index (χ3n) is 2.64. The van der Waals surface area contributed by atoms with Gasteiger partial charge in [0.05, 0.1) is 4.47 Å². The van der Waals surface area contributed by atoms with Gasteiger partial charge in [0.1, 0.15) is 18.1 Å². The molecule has 0 aliphatic heterocycles. The van der Waals surface area contributed by atoms with Crippen LogP contribution in [0.1, 0.15) is 11.1 Å². The lowest BCUT2D eigenvalue weighted by atomic mass is 10.2. The van der Waals surface area contributed by atoms with Crippen molar-refractivity contribution in [3.05, 3.63) is 58.1 Å². The fourth-order valence-electron chi connectivity index (χ4n) is 1.67. The topological polar surface area (TPSA) is 18.5 Å². The molecule has 0 unspecified atom stereocenters. The fourth-order valence-corrected chi connectivity index (χ4v) is 2.28. The molecule has 0 radical (unpaired) electrons. The minimum Gasteiger partial charge on any atom is -0.488 e. The third kappa shape index (κ3) is 4.97. The molecule has 0 saturated heterocycles. The standard InChI is InChI=1S/C15H12BrF3O2/c1-10-2-7-14(13(16)8-10)20-9-11-3-5-12(6-4-11)21-15(17,18)19/h2-8H,9H2,1H3. The predicted octanol–water partition coefficient (Wildman–Crippen LogP) is 5.24. The van der Waals surface area contributed by atoms with Gasteiger partial charge in [-0.05, 0) is 58.2 Å². The first-order valence-electron chi connectivity index (χ1n) is 6.07.